The van der Waals surface area contributed by atoms with Crippen LogP contribution >= 0.6 is 11.3 Å². The third-order valence-corrected chi connectivity index (χ3v) is 2.54. The Kier molecular flexibility index (Phi) is 2.50. The number of hydrogen-bond acceptors (Lipinski definition) is 4. The van der Waals surface area contributed by atoms with Gasteiger partial charge in [-0.15, -0.1) is 10.2 Å². The molecule has 16 heavy (non-hydrogen) atoms. The highest BCUT2D eigenvalue weighted by Gasteiger charge is 2.23. The van der Waals surface area contributed by atoms with E-state index in [1.165, 1.54) is 0 Å². The van der Waals surface area contributed by atoms with E-state index in [2.05, 4.69) is 10.2 Å². The van der Waals surface area contributed by atoms with Gasteiger partial charge in [0.25, 0.3) is 0 Å². The Morgan fingerprint density at radius 2 is 1.56 bits per heavy atom. The van der Waals surface area contributed by atoms with Gasteiger partial charge in [-0.25, -0.2) is 17.6 Å². The third-order valence-electron chi connectivity index (χ3n) is 1.77. The topological polar surface area (TPSA) is 51.8 Å². The molecule has 0 saturated heterocycles. The number of nitrogens with zero attached hydrogens (tertiary/aromatic N) is 2. The Balaban J connectivity index is 2.73. The molecule has 0 saturated carbocycles. The van der Waals surface area contributed by atoms with Crippen LogP contribution in [0.25, 0.3) is 10.6 Å². The molecule has 1 heterocycles. The summed E-state index contributed by atoms with van der Waals surface area (Å²) in [5.74, 6) is -6.03. The van der Waals surface area contributed by atoms with Crippen LogP contribution in [0, 0.1) is 23.3 Å². The van der Waals surface area contributed by atoms with Gasteiger partial charge in [-0.05, 0) is 0 Å². The van der Waals surface area contributed by atoms with Gasteiger partial charge in [-0.3, -0.25) is 0 Å². The minimum absolute atomic E-state index is 0.0570. The fourth-order valence-electron chi connectivity index (χ4n) is 1.10. The van der Waals surface area contributed by atoms with E-state index in [1.807, 2.05) is 0 Å². The Labute approximate surface area is 90.5 Å². The molecule has 0 spiro atoms. The van der Waals surface area contributed by atoms with Gasteiger partial charge in [0, 0.05) is 6.07 Å². The van der Waals surface area contributed by atoms with E-state index in [0.29, 0.717) is 11.3 Å². The normalized spacial score (nSPS) is 10.8. The number of nitrogen functional groups attached to an aromatic ring is 1. The number of anilines is 1. The maximum atomic E-state index is 13.3. The highest BCUT2D eigenvalue weighted by atomic mass is 32.1. The molecule has 2 aromatic rings. The Hall–Kier alpha value is -1.70. The minimum atomic E-state index is -1.52. The number of benzene rings is 1. The first-order valence-electron chi connectivity index (χ1n) is 3.93. The predicted molar refractivity (Wildman–Crippen MR) is 49.6 cm³/mol. The van der Waals surface area contributed by atoms with Crippen LogP contribution in [0.5, 0.6) is 0 Å². The fourth-order valence-corrected chi connectivity index (χ4v) is 1.74. The van der Waals surface area contributed by atoms with Gasteiger partial charge >= 0.3 is 0 Å². The second-order valence-corrected chi connectivity index (χ2v) is 3.80. The van der Waals surface area contributed by atoms with Crippen molar-refractivity contribution in [3.8, 4) is 10.6 Å². The van der Waals surface area contributed by atoms with Gasteiger partial charge in [0.1, 0.15) is 0 Å². The lowest BCUT2D eigenvalue weighted by Crippen LogP contribution is -1.98. The zero-order chi connectivity index (χ0) is 11.9. The molecule has 0 fully saturated rings. The van der Waals surface area contributed by atoms with Crippen LogP contribution in [0.4, 0.5) is 22.7 Å². The average Bonchev–Trinajstić information content (AvgIpc) is 2.62. The molecule has 3 nitrogen and oxygen atoms in total. The second-order valence-electron chi connectivity index (χ2n) is 2.79. The van der Waals surface area contributed by atoms with E-state index in [0.717, 1.165) is 0 Å². The Morgan fingerprint density at radius 3 is 2.00 bits per heavy atom. The smallest absolute Gasteiger partial charge is 0.203 e. The molecule has 0 aliphatic heterocycles. The van der Waals surface area contributed by atoms with E-state index in [4.69, 9.17) is 5.73 Å². The molecule has 0 aliphatic carbocycles. The number of rotatable bonds is 1. The van der Waals surface area contributed by atoms with Crippen molar-refractivity contribution in [1.29, 1.82) is 0 Å². The van der Waals surface area contributed by atoms with Crippen molar-refractivity contribution in [2.45, 2.75) is 0 Å². The molecule has 2 N–H and O–H groups in total. The summed E-state index contributed by atoms with van der Waals surface area (Å²) in [6.07, 6.45) is 0. The molecule has 1 aromatic carbocycles. The van der Waals surface area contributed by atoms with Crippen molar-refractivity contribution < 1.29 is 17.6 Å². The molecule has 0 aliphatic rings. The maximum absolute atomic E-state index is 13.3. The summed E-state index contributed by atoms with van der Waals surface area (Å²) in [4.78, 5) is 0. The van der Waals surface area contributed by atoms with Crippen LogP contribution in [0.2, 0.25) is 0 Å². The quantitative estimate of drug-likeness (QED) is 0.623. The number of hydrogen-bond donors (Lipinski definition) is 1. The lowest BCUT2D eigenvalue weighted by atomic mass is 10.2. The van der Waals surface area contributed by atoms with Gasteiger partial charge in [0.05, 0.1) is 5.56 Å². The van der Waals surface area contributed by atoms with Gasteiger partial charge in [0.2, 0.25) is 5.13 Å². The molecule has 0 atom stereocenters. The predicted octanol–water partition coefficient (Wildman–Crippen LogP) is 2.34. The molecule has 0 radical (unpaired) electrons. The fraction of sp³-hybridized carbons (Fsp3) is 0. The summed E-state index contributed by atoms with van der Waals surface area (Å²) < 4.78 is 52.2. The molecular weight excluding hydrogens is 246 g/mol. The monoisotopic (exact) mass is 249 g/mol. The molecule has 0 unspecified atom stereocenters. The highest BCUT2D eigenvalue weighted by molar-refractivity contribution is 7.18. The SMILES string of the molecule is Nc1nnc(-c2c(F)c(F)cc(F)c2F)s1. The average molecular weight is 249 g/mol. The number of aromatic nitrogens is 2. The summed E-state index contributed by atoms with van der Waals surface area (Å²) in [7, 11) is 0. The van der Waals surface area contributed by atoms with E-state index >= 15 is 0 Å². The van der Waals surface area contributed by atoms with E-state index < -0.39 is 28.8 Å². The highest BCUT2D eigenvalue weighted by Crippen LogP contribution is 2.31. The van der Waals surface area contributed by atoms with Gasteiger partial charge in [-0.2, -0.15) is 0 Å². The first-order chi connectivity index (χ1) is 7.50. The molecule has 0 bridgehead atoms. The third kappa shape index (κ3) is 1.60. The zero-order valence-corrected chi connectivity index (χ0v) is 8.29. The van der Waals surface area contributed by atoms with Gasteiger partial charge in [0.15, 0.2) is 28.3 Å². The molecule has 84 valence electrons. The van der Waals surface area contributed by atoms with Crippen molar-refractivity contribution in [2.24, 2.45) is 0 Å². The zero-order valence-electron chi connectivity index (χ0n) is 7.47. The van der Waals surface area contributed by atoms with Crippen LogP contribution in [0.1, 0.15) is 0 Å². The molecule has 2 rings (SSSR count). The van der Waals surface area contributed by atoms with Crippen LogP contribution < -0.4 is 5.73 Å². The second kappa shape index (κ2) is 3.71. The van der Waals surface area contributed by atoms with E-state index in [1.54, 1.807) is 0 Å². The van der Waals surface area contributed by atoms with Crippen molar-refractivity contribution in [2.75, 3.05) is 5.73 Å². The summed E-state index contributed by atoms with van der Waals surface area (Å²) in [5, 5.41) is 6.25. The summed E-state index contributed by atoms with van der Waals surface area (Å²) >= 11 is 0.629. The number of nitrogens with two attached hydrogens (primary N) is 1. The van der Waals surface area contributed by atoms with Crippen molar-refractivity contribution in [1.82, 2.24) is 10.2 Å². The van der Waals surface area contributed by atoms with Gasteiger partial charge in [-0.1, -0.05) is 11.3 Å². The lowest BCUT2D eigenvalue weighted by molar-refractivity contribution is 0.458. The van der Waals surface area contributed by atoms with E-state index in [-0.39, 0.29) is 16.2 Å². The standard InChI is InChI=1S/C8H3F4N3S/c9-2-1-3(10)6(12)4(5(2)11)7-14-15-8(13)16-7/h1H,(H2,13,15). The lowest BCUT2D eigenvalue weighted by Gasteiger charge is -2.02. The molecular formula is C8H3F4N3S. The Morgan fingerprint density at radius 1 is 1.00 bits per heavy atom. The van der Waals surface area contributed by atoms with Crippen LogP contribution in [-0.2, 0) is 0 Å². The first kappa shape index (κ1) is 10.8. The van der Waals surface area contributed by atoms with Crippen molar-refractivity contribution in [3.63, 3.8) is 0 Å². The molecule has 0 amide bonds. The van der Waals surface area contributed by atoms with Crippen LogP contribution in [0.3, 0.4) is 0 Å². The number of halogens is 4. The molecule has 8 heteroatoms. The summed E-state index contributed by atoms with van der Waals surface area (Å²) in [6, 6.07) is 0.124. The summed E-state index contributed by atoms with van der Waals surface area (Å²) in [5.41, 5.74) is 4.31. The largest absolute Gasteiger partial charge is 0.374 e. The minimum Gasteiger partial charge on any atom is -0.374 e. The Bertz CT molecular complexity index is 528. The maximum Gasteiger partial charge on any atom is 0.203 e. The van der Waals surface area contributed by atoms with Crippen molar-refractivity contribution >= 4 is 16.5 Å². The van der Waals surface area contributed by atoms with Crippen LogP contribution in [-0.4, -0.2) is 10.2 Å². The van der Waals surface area contributed by atoms with Gasteiger partial charge < -0.3 is 5.73 Å². The van der Waals surface area contributed by atoms with Crippen LogP contribution in [0.15, 0.2) is 6.07 Å². The van der Waals surface area contributed by atoms with E-state index in [9.17, 15) is 17.6 Å². The summed E-state index contributed by atoms with van der Waals surface area (Å²) in [6.45, 7) is 0. The molecule has 1 aromatic heterocycles. The van der Waals surface area contributed by atoms with Crippen molar-refractivity contribution in [3.05, 3.63) is 29.3 Å². The first-order valence-corrected chi connectivity index (χ1v) is 4.74.